The average Bonchev–Trinajstić information content (AvgIpc) is 2.68. The van der Waals surface area contributed by atoms with Gasteiger partial charge in [-0.05, 0) is 52.0 Å². The first-order chi connectivity index (χ1) is 13.9. The first-order valence-electron chi connectivity index (χ1n) is 9.27. The van der Waals surface area contributed by atoms with E-state index >= 15 is 0 Å². The third-order valence-corrected chi connectivity index (χ3v) is 3.82. The molecule has 6 nitrogen and oxygen atoms in total. The second-order valence-corrected chi connectivity index (χ2v) is 5.86. The molecule has 0 aromatic heterocycles. The van der Waals surface area contributed by atoms with E-state index in [2.05, 4.69) is 10.5 Å². The van der Waals surface area contributed by atoms with Crippen LogP contribution in [0.5, 0.6) is 17.2 Å². The number of nitrogens with one attached hydrogen (secondary N) is 1. The molecule has 156 valence electrons. The van der Waals surface area contributed by atoms with Gasteiger partial charge < -0.3 is 14.2 Å². The van der Waals surface area contributed by atoms with Crippen LogP contribution in [-0.4, -0.2) is 31.4 Å². The molecule has 0 unspecified atom stereocenters. The molecule has 0 bridgehead atoms. The van der Waals surface area contributed by atoms with Crippen molar-refractivity contribution in [3.63, 3.8) is 0 Å². The topological polar surface area (TPSA) is 69.2 Å². The van der Waals surface area contributed by atoms with Crippen molar-refractivity contribution in [1.29, 1.82) is 0 Å². The molecule has 0 fully saturated rings. The summed E-state index contributed by atoms with van der Waals surface area (Å²) in [5.74, 6) is -0.840. The number of hydrazone groups is 1. The molecule has 0 atom stereocenters. The molecule has 0 saturated carbocycles. The van der Waals surface area contributed by atoms with E-state index in [1.54, 1.807) is 0 Å². The van der Waals surface area contributed by atoms with E-state index in [0.29, 0.717) is 37.1 Å². The Morgan fingerprint density at radius 3 is 2.07 bits per heavy atom. The minimum absolute atomic E-state index is 0.0865. The number of nitrogens with zero attached hydrogens (tertiary/aromatic N) is 1. The van der Waals surface area contributed by atoms with Crippen LogP contribution in [0, 0.1) is 11.6 Å². The van der Waals surface area contributed by atoms with E-state index in [-0.39, 0.29) is 16.8 Å². The van der Waals surface area contributed by atoms with Crippen molar-refractivity contribution in [3.8, 4) is 17.2 Å². The Labute approximate surface area is 168 Å². The van der Waals surface area contributed by atoms with Gasteiger partial charge >= 0.3 is 0 Å². The molecule has 29 heavy (non-hydrogen) atoms. The fourth-order valence-corrected chi connectivity index (χ4v) is 2.56. The van der Waals surface area contributed by atoms with Crippen molar-refractivity contribution in [2.75, 3.05) is 19.8 Å². The lowest BCUT2D eigenvalue weighted by atomic mass is 10.1. The van der Waals surface area contributed by atoms with E-state index in [9.17, 15) is 13.6 Å². The van der Waals surface area contributed by atoms with Gasteiger partial charge in [-0.1, -0.05) is 0 Å². The first kappa shape index (κ1) is 22.1. The Balaban J connectivity index is 2.31. The van der Waals surface area contributed by atoms with Crippen LogP contribution in [0.25, 0.3) is 0 Å². The predicted octanol–water partition coefficient (Wildman–Crippen LogP) is 4.31. The number of hydrogen-bond donors (Lipinski definition) is 1. The smallest absolute Gasteiger partial charge is 0.271 e. The van der Waals surface area contributed by atoms with Crippen LogP contribution in [0.2, 0.25) is 0 Å². The van der Waals surface area contributed by atoms with Crippen molar-refractivity contribution >= 4 is 11.6 Å². The zero-order valence-corrected chi connectivity index (χ0v) is 16.8. The molecule has 0 aliphatic heterocycles. The zero-order valence-electron chi connectivity index (χ0n) is 16.8. The summed E-state index contributed by atoms with van der Waals surface area (Å²) in [5.41, 5.74) is 2.88. The number of hydrogen-bond acceptors (Lipinski definition) is 5. The maximum Gasteiger partial charge on any atom is 0.271 e. The highest BCUT2D eigenvalue weighted by Gasteiger charge is 2.18. The average molecular weight is 406 g/mol. The lowest BCUT2D eigenvalue weighted by molar-refractivity contribution is 0.0953. The summed E-state index contributed by atoms with van der Waals surface area (Å²) in [6, 6.07) is 6.18. The Kier molecular flexibility index (Phi) is 7.94. The molecule has 0 aliphatic carbocycles. The molecule has 0 aliphatic rings. The molecule has 0 heterocycles. The normalized spacial score (nSPS) is 11.2. The van der Waals surface area contributed by atoms with Gasteiger partial charge in [0.1, 0.15) is 11.6 Å². The maximum atomic E-state index is 13.9. The second-order valence-electron chi connectivity index (χ2n) is 5.86. The van der Waals surface area contributed by atoms with Gasteiger partial charge in [-0.25, -0.2) is 14.2 Å². The number of ether oxygens (including phenoxy) is 3. The number of carbonyl (C=O) groups excluding carboxylic acids is 1. The summed E-state index contributed by atoms with van der Waals surface area (Å²) in [5, 5.41) is 3.91. The van der Waals surface area contributed by atoms with Gasteiger partial charge in [0.2, 0.25) is 5.75 Å². The van der Waals surface area contributed by atoms with E-state index in [1.165, 1.54) is 25.1 Å². The van der Waals surface area contributed by atoms with E-state index < -0.39 is 17.5 Å². The van der Waals surface area contributed by atoms with Crippen molar-refractivity contribution in [1.82, 2.24) is 5.43 Å². The molecule has 2 aromatic carbocycles. The molecule has 1 N–H and O–H groups in total. The van der Waals surface area contributed by atoms with E-state index in [0.717, 1.165) is 12.1 Å². The van der Waals surface area contributed by atoms with Gasteiger partial charge in [0.05, 0.1) is 25.5 Å². The lowest BCUT2D eigenvalue weighted by Gasteiger charge is -2.16. The van der Waals surface area contributed by atoms with E-state index in [1.807, 2.05) is 20.8 Å². The summed E-state index contributed by atoms with van der Waals surface area (Å²) < 4.78 is 43.7. The predicted molar refractivity (Wildman–Crippen MR) is 106 cm³/mol. The van der Waals surface area contributed by atoms with Crippen LogP contribution in [0.15, 0.2) is 35.4 Å². The Hall–Kier alpha value is -3.16. The van der Waals surface area contributed by atoms with Crippen LogP contribution < -0.4 is 19.6 Å². The molecule has 0 spiro atoms. The maximum absolute atomic E-state index is 13.9. The standard InChI is InChI=1S/C21H24F2N2O4/c1-5-27-18-10-14(11-19(28-6-2)20(18)29-7-3)21(26)25-24-13(4)16-9-8-15(22)12-17(16)23/h8-12H,5-7H2,1-4H3,(H,25,26)/b24-13-. The highest BCUT2D eigenvalue weighted by molar-refractivity contribution is 6.01. The highest BCUT2D eigenvalue weighted by atomic mass is 19.1. The molecule has 8 heteroatoms. The molecule has 2 rings (SSSR count). The van der Waals surface area contributed by atoms with Crippen molar-refractivity contribution in [3.05, 3.63) is 53.1 Å². The first-order valence-corrected chi connectivity index (χ1v) is 9.27. The third kappa shape index (κ3) is 5.66. The van der Waals surface area contributed by atoms with Crippen LogP contribution in [0.1, 0.15) is 43.6 Å². The fraction of sp³-hybridized carbons (Fsp3) is 0.333. The van der Waals surface area contributed by atoms with Gasteiger partial charge in [-0.2, -0.15) is 5.10 Å². The number of carbonyl (C=O) groups is 1. The third-order valence-electron chi connectivity index (χ3n) is 3.82. The summed E-state index contributed by atoms with van der Waals surface area (Å²) in [6.07, 6.45) is 0. The van der Waals surface area contributed by atoms with Gasteiger partial charge in [0, 0.05) is 17.2 Å². The van der Waals surface area contributed by atoms with Gasteiger partial charge in [0.15, 0.2) is 11.5 Å². The minimum Gasteiger partial charge on any atom is -0.490 e. The number of rotatable bonds is 9. The summed E-state index contributed by atoms with van der Waals surface area (Å²) in [7, 11) is 0. The number of halogens is 2. The molecular weight excluding hydrogens is 382 g/mol. The minimum atomic E-state index is -0.765. The van der Waals surface area contributed by atoms with Crippen molar-refractivity contribution in [2.45, 2.75) is 27.7 Å². The second kappa shape index (κ2) is 10.4. The van der Waals surface area contributed by atoms with E-state index in [4.69, 9.17) is 14.2 Å². The van der Waals surface area contributed by atoms with Crippen LogP contribution >= 0.6 is 0 Å². The molecule has 1 amide bonds. The van der Waals surface area contributed by atoms with Crippen molar-refractivity contribution in [2.24, 2.45) is 5.10 Å². The number of amides is 1. The van der Waals surface area contributed by atoms with Crippen LogP contribution in [0.3, 0.4) is 0 Å². The van der Waals surface area contributed by atoms with Gasteiger partial charge in [0.25, 0.3) is 5.91 Å². The van der Waals surface area contributed by atoms with Crippen molar-refractivity contribution < 1.29 is 27.8 Å². The summed E-state index contributed by atoms with van der Waals surface area (Å²) in [6.45, 7) is 8.11. The summed E-state index contributed by atoms with van der Waals surface area (Å²) >= 11 is 0. The molecular formula is C21H24F2N2O4. The Morgan fingerprint density at radius 2 is 1.55 bits per heavy atom. The quantitative estimate of drug-likeness (QED) is 0.498. The Morgan fingerprint density at radius 1 is 0.966 bits per heavy atom. The Bertz CT molecular complexity index is 873. The lowest BCUT2D eigenvalue weighted by Crippen LogP contribution is -2.20. The summed E-state index contributed by atoms with van der Waals surface area (Å²) in [4.78, 5) is 12.6. The number of benzene rings is 2. The molecule has 0 saturated heterocycles. The molecule has 2 aromatic rings. The van der Waals surface area contributed by atoms with Gasteiger partial charge in [-0.15, -0.1) is 0 Å². The monoisotopic (exact) mass is 406 g/mol. The zero-order chi connectivity index (χ0) is 21.4. The van der Waals surface area contributed by atoms with Gasteiger partial charge in [-0.3, -0.25) is 4.79 Å². The highest BCUT2D eigenvalue weighted by Crippen LogP contribution is 2.39. The van der Waals surface area contributed by atoms with Crippen LogP contribution in [-0.2, 0) is 0 Å². The van der Waals surface area contributed by atoms with Crippen LogP contribution in [0.4, 0.5) is 8.78 Å². The fourth-order valence-electron chi connectivity index (χ4n) is 2.56. The molecule has 0 radical (unpaired) electrons. The SMILES string of the molecule is CCOc1cc(C(=O)N/N=C(/C)c2ccc(F)cc2F)cc(OCC)c1OCC. The largest absolute Gasteiger partial charge is 0.490 e.